The van der Waals surface area contributed by atoms with Crippen LogP contribution in [0.4, 0.5) is 0 Å². The molecule has 0 spiro atoms. The minimum Gasteiger partial charge on any atom is -0.359 e. The van der Waals surface area contributed by atoms with E-state index in [1.807, 2.05) is 16.9 Å². The molecule has 1 saturated heterocycles. The second kappa shape index (κ2) is 8.27. The Morgan fingerprint density at radius 3 is 2.61 bits per heavy atom. The van der Waals surface area contributed by atoms with E-state index < -0.39 is 0 Å². The van der Waals surface area contributed by atoms with Gasteiger partial charge in [-0.15, -0.1) is 0 Å². The van der Waals surface area contributed by atoms with Gasteiger partial charge in [0.05, 0.1) is 0 Å². The van der Waals surface area contributed by atoms with Crippen LogP contribution in [0.3, 0.4) is 0 Å². The number of hydrogen-bond acceptors (Lipinski definition) is 3. The summed E-state index contributed by atoms with van der Waals surface area (Å²) < 4.78 is 7.39. The van der Waals surface area contributed by atoms with Crippen LogP contribution in [0, 0.1) is 0 Å². The van der Waals surface area contributed by atoms with Crippen LogP contribution in [0.1, 0.15) is 38.5 Å². The maximum absolute atomic E-state index is 5.57. The first-order valence-corrected chi connectivity index (χ1v) is 7.23. The molecular formula is C14H25N3O. The van der Waals surface area contributed by atoms with Crippen molar-refractivity contribution in [2.24, 2.45) is 0 Å². The highest BCUT2D eigenvalue weighted by atomic mass is 16.5. The van der Waals surface area contributed by atoms with Crippen molar-refractivity contribution < 1.29 is 4.74 Å². The second-order valence-corrected chi connectivity index (χ2v) is 5.05. The van der Waals surface area contributed by atoms with Gasteiger partial charge in [0.1, 0.15) is 6.73 Å². The zero-order chi connectivity index (χ0) is 12.5. The van der Waals surface area contributed by atoms with Gasteiger partial charge in [-0.1, -0.05) is 12.8 Å². The van der Waals surface area contributed by atoms with Crippen LogP contribution in [0.25, 0.3) is 0 Å². The second-order valence-electron chi connectivity index (χ2n) is 5.05. The highest BCUT2D eigenvalue weighted by molar-refractivity contribution is 4.76. The molecular weight excluding hydrogens is 226 g/mol. The summed E-state index contributed by atoms with van der Waals surface area (Å²) >= 11 is 0. The average Bonchev–Trinajstić information content (AvgIpc) is 2.76. The summed E-state index contributed by atoms with van der Waals surface area (Å²) in [7, 11) is 0. The number of rotatable bonds is 7. The van der Waals surface area contributed by atoms with Gasteiger partial charge in [-0.05, 0) is 51.4 Å². The molecule has 0 amide bonds. The predicted molar refractivity (Wildman–Crippen MR) is 72.3 cm³/mol. The SMILES string of the molecule is c1cnn(COCCCCN2CCCCCC2)c1. The average molecular weight is 251 g/mol. The molecule has 0 bridgehead atoms. The lowest BCUT2D eigenvalue weighted by molar-refractivity contribution is 0.0646. The van der Waals surface area contributed by atoms with Gasteiger partial charge in [0, 0.05) is 19.0 Å². The molecule has 2 heterocycles. The number of ether oxygens (including phenoxy) is 1. The Balaban J connectivity index is 1.45. The van der Waals surface area contributed by atoms with E-state index in [4.69, 9.17) is 4.74 Å². The molecule has 1 aromatic rings. The maximum atomic E-state index is 5.57. The molecule has 0 radical (unpaired) electrons. The molecule has 4 nitrogen and oxygen atoms in total. The molecule has 4 heteroatoms. The Labute approximate surface area is 110 Å². The number of aromatic nitrogens is 2. The minimum atomic E-state index is 0.580. The van der Waals surface area contributed by atoms with Crippen LogP contribution in [0.2, 0.25) is 0 Å². The van der Waals surface area contributed by atoms with Crippen LogP contribution in [-0.4, -0.2) is 40.9 Å². The molecule has 0 N–H and O–H groups in total. The molecule has 18 heavy (non-hydrogen) atoms. The van der Waals surface area contributed by atoms with Gasteiger partial charge in [-0.2, -0.15) is 5.10 Å². The molecule has 1 aliphatic rings. The summed E-state index contributed by atoms with van der Waals surface area (Å²) in [6, 6.07) is 1.92. The van der Waals surface area contributed by atoms with E-state index in [2.05, 4.69) is 10.00 Å². The Hall–Kier alpha value is -0.870. The molecule has 102 valence electrons. The van der Waals surface area contributed by atoms with Gasteiger partial charge in [-0.25, -0.2) is 4.68 Å². The van der Waals surface area contributed by atoms with E-state index in [-0.39, 0.29) is 0 Å². The third-order valence-corrected chi connectivity index (χ3v) is 3.49. The molecule has 0 saturated carbocycles. The largest absolute Gasteiger partial charge is 0.359 e. The molecule has 0 atom stereocenters. The first-order chi connectivity index (χ1) is 8.95. The van der Waals surface area contributed by atoms with Gasteiger partial charge in [0.2, 0.25) is 0 Å². The van der Waals surface area contributed by atoms with Gasteiger partial charge in [0.25, 0.3) is 0 Å². The highest BCUT2D eigenvalue weighted by Gasteiger charge is 2.07. The van der Waals surface area contributed by atoms with Crippen LogP contribution >= 0.6 is 0 Å². The van der Waals surface area contributed by atoms with Crippen LogP contribution < -0.4 is 0 Å². The van der Waals surface area contributed by atoms with Crippen LogP contribution in [0.5, 0.6) is 0 Å². The fourth-order valence-corrected chi connectivity index (χ4v) is 2.43. The van der Waals surface area contributed by atoms with Crippen LogP contribution in [0.15, 0.2) is 18.5 Å². The van der Waals surface area contributed by atoms with Gasteiger partial charge in [-0.3, -0.25) is 0 Å². The number of likely N-dealkylation sites (tertiary alicyclic amines) is 1. The first kappa shape index (κ1) is 13.6. The van der Waals surface area contributed by atoms with Crippen molar-refractivity contribution in [1.82, 2.24) is 14.7 Å². The van der Waals surface area contributed by atoms with Gasteiger partial charge < -0.3 is 9.64 Å². The van der Waals surface area contributed by atoms with E-state index >= 15 is 0 Å². The molecule has 0 aliphatic carbocycles. The number of unbranched alkanes of at least 4 members (excludes halogenated alkanes) is 1. The normalized spacial score (nSPS) is 17.8. The molecule has 0 unspecified atom stereocenters. The summed E-state index contributed by atoms with van der Waals surface area (Å²) in [4.78, 5) is 2.61. The van der Waals surface area contributed by atoms with Crippen molar-refractivity contribution in [2.45, 2.75) is 45.3 Å². The summed E-state index contributed by atoms with van der Waals surface area (Å²) in [6.07, 6.45) is 11.7. The van der Waals surface area contributed by atoms with E-state index in [9.17, 15) is 0 Å². The number of nitrogens with zero attached hydrogens (tertiary/aromatic N) is 3. The van der Waals surface area contributed by atoms with Crippen molar-refractivity contribution in [3.05, 3.63) is 18.5 Å². The maximum Gasteiger partial charge on any atom is 0.139 e. The molecule has 1 aliphatic heterocycles. The van der Waals surface area contributed by atoms with Gasteiger partial charge >= 0.3 is 0 Å². The Morgan fingerprint density at radius 1 is 1.06 bits per heavy atom. The standard InChI is InChI=1S/C14H25N3O/c1-2-4-10-16(9-3-1)11-5-6-13-18-14-17-12-7-8-15-17/h7-8,12H,1-6,9-11,13-14H2. The number of hydrogen-bond donors (Lipinski definition) is 0. The fraction of sp³-hybridized carbons (Fsp3) is 0.786. The van der Waals surface area contributed by atoms with E-state index in [1.165, 1.54) is 51.7 Å². The van der Waals surface area contributed by atoms with E-state index in [1.54, 1.807) is 6.20 Å². The third-order valence-electron chi connectivity index (χ3n) is 3.49. The monoisotopic (exact) mass is 251 g/mol. The fourth-order valence-electron chi connectivity index (χ4n) is 2.43. The van der Waals surface area contributed by atoms with Crippen LogP contribution in [-0.2, 0) is 11.5 Å². The highest BCUT2D eigenvalue weighted by Crippen LogP contribution is 2.10. The summed E-state index contributed by atoms with van der Waals surface area (Å²) in [6.45, 7) is 5.26. The molecule has 0 aromatic carbocycles. The van der Waals surface area contributed by atoms with E-state index in [0.29, 0.717) is 6.73 Å². The molecule has 1 aromatic heterocycles. The quantitative estimate of drug-likeness (QED) is 0.698. The minimum absolute atomic E-state index is 0.580. The first-order valence-electron chi connectivity index (χ1n) is 7.23. The molecule has 1 fully saturated rings. The predicted octanol–water partition coefficient (Wildman–Crippen LogP) is 2.51. The van der Waals surface area contributed by atoms with Crippen molar-refractivity contribution in [3.63, 3.8) is 0 Å². The van der Waals surface area contributed by atoms with E-state index in [0.717, 1.165) is 13.0 Å². The zero-order valence-electron chi connectivity index (χ0n) is 11.3. The smallest absolute Gasteiger partial charge is 0.139 e. The Kier molecular flexibility index (Phi) is 6.23. The summed E-state index contributed by atoms with van der Waals surface area (Å²) in [5.41, 5.74) is 0. The lowest BCUT2D eigenvalue weighted by atomic mass is 10.2. The summed E-state index contributed by atoms with van der Waals surface area (Å²) in [5, 5.41) is 4.10. The Bertz CT molecular complexity index is 292. The topological polar surface area (TPSA) is 30.3 Å². The summed E-state index contributed by atoms with van der Waals surface area (Å²) in [5.74, 6) is 0. The Morgan fingerprint density at radius 2 is 1.89 bits per heavy atom. The van der Waals surface area contributed by atoms with Crippen molar-refractivity contribution >= 4 is 0 Å². The van der Waals surface area contributed by atoms with Crippen molar-refractivity contribution in [2.75, 3.05) is 26.2 Å². The molecule has 2 rings (SSSR count). The zero-order valence-corrected chi connectivity index (χ0v) is 11.3. The third kappa shape index (κ3) is 5.19. The lowest BCUT2D eigenvalue weighted by Crippen LogP contribution is -2.25. The van der Waals surface area contributed by atoms with Gasteiger partial charge in [0.15, 0.2) is 0 Å². The lowest BCUT2D eigenvalue weighted by Gasteiger charge is -2.19. The van der Waals surface area contributed by atoms with Crippen molar-refractivity contribution in [3.8, 4) is 0 Å². The van der Waals surface area contributed by atoms with Crippen molar-refractivity contribution in [1.29, 1.82) is 0 Å².